The van der Waals surface area contributed by atoms with Gasteiger partial charge in [0.15, 0.2) is 0 Å². The van der Waals surface area contributed by atoms with Crippen LogP contribution in [0.4, 0.5) is 4.39 Å². The third-order valence-electron chi connectivity index (χ3n) is 4.78. The highest BCUT2D eigenvalue weighted by atomic mass is 19.1. The number of H-pyrrole nitrogens is 1. The molecule has 2 heterocycles. The third kappa shape index (κ3) is 2.94. The molecule has 0 spiro atoms. The van der Waals surface area contributed by atoms with Crippen LogP contribution in [0, 0.1) is 5.82 Å². The first kappa shape index (κ1) is 15.3. The number of aromatic nitrogens is 2. The number of halogens is 1. The molecule has 5 nitrogen and oxygen atoms in total. The molecule has 2 aliphatic rings. The summed E-state index contributed by atoms with van der Waals surface area (Å²) in [5, 5.41) is 0. The lowest BCUT2D eigenvalue weighted by atomic mass is 10.1. The Balaban J connectivity index is 1.53. The zero-order valence-electron chi connectivity index (χ0n) is 13.6. The van der Waals surface area contributed by atoms with Crippen molar-refractivity contribution in [2.24, 2.45) is 0 Å². The summed E-state index contributed by atoms with van der Waals surface area (Å²) < 4.78 is 19.2. The number of ether oxygens (including phenoxy) is 1. The maximum absolute atomic E-state index is 14.1. The van der Waals surface area contributed by atoms with Crippen molar-refractivity contribution in [3.05, 3.63) is 57.0 Å². The van der Waals surface area contributed by atoms with Crippen LogP contribution in [0.25, 0.3) is 0 Å². The van der Waals surface area contributed by atoms with Crippen LogP contribution in [-0.2, 0) is 19.5 Å². The highest BCUT2D eigenvalue weighted by Crippen LogP contribution is 2.37. The number of fused-ring (bicyclic) bond motifs is 1. The summed E-state index contributed by atoms with van der Waals surface area (Å²) >= 11 is 0. The van der Waals surface area contributed by atoms with E-state index >= 15 is 0 Å². The number of hydrogen-bond acceptors (Lipinski definition) is 4. The molecule has 1 fully saturated rings. The van der Waals surface area contributed by atoms with E-state index in [2.05, 4.69) is 14.9 Å². The highest BCUT2D eigenvalue weighted by molar-refractivity contribution is 5.29. The van der Waals surface area contributed by atoms with E-state index in [1.165, 1.54) is 13.2 Å². The molecule has 0 radical (unpaired) electrons. The van der Waals surface area contributed by atoms with Gasteiger partial charge in [-0.3, -0.25) is 9.69 Å². The predicted octanol–water partition coefficient (Wildman–Crippen LogP) is 2.35. The Bertz CT molecular complexity index is 829. The number of rotatable bonds is 4. The first-order chi connectivity index (χ1) is 11.6. The molecule has 1 aliphatic heterocycles. The number of hydrogen-bond donors (Lipinski definition) is 1. The van der Waals surface area contributed by atoms with Gasteiger partial charge in [0.25, 0.3) is 5.56 Å². The lowest BCUT2D eigenvalue weighted by Gasteiger charge is -2.28. The van der Waals surface area contributed by atoms with Crippen molar-refractivity contribution in [1.82, 2.24) is 14.9 Å². The van der Waals surface area contributed by atoms with Crippen LogP contribution < -0.4 is 10.3 Å². The van der Waals surface area contributed by atoms with Crippen molar-refractivity contribution >= 4 is 0 Å². The van der Waals surface area contributed by atoms with Crippen molar-refractivity contribution in [3.63, 3.8) is 0 Å². The molecule has 126 valence electrons. The minimum Gasteiger partial charge on any atom is -0.497 e. The second-order valence-corrected chi connectivity index (χ2v) is 6.57. The van der Waals surface area contributed by atoms with Crippen LogP contribution >= 0.6 is 0 Å². The van der Waals surface area contributed by atoms with E-state index in [9.17, 15) is 9.18 Å². The Morgan fingerprint density at radius 1 is 1.42 bits per heavy atom. The fourth-order valence-electron chi connectivity index (χ4n) is 3.21. The fourth-order valence-corrected chi connectivity index (χ4v) is 3.21. The van der Waals surface area contributed by atoms with Crippen LogP contribution in [0.1, 0.15) is 41.4 Å². The number of nitrogens with zero attached hydrogens (tertiary/aromatic N) is 2. The average Bonchev–Trinajstić information content (AvgIpc) is 3.42. The minimum absolute atomic E-state index is 0.0400. The average molecular weight is 329 g/mol. The molecule has 0 atom stereocenters. The normalized spacial score (nSPS) is 17.6. The number of methoxy groups -OCH3 is 1. The molecule has 24 heavy (non-hydrogen) atoms. The van der Waals surface area contributed by atoms with E-state index in [-0.39, 0.29) is 11.4 Å². The number of aromatic amines is 1. The molecule has 2 aromatic rings. The van der Waals surface area contributed by atoms with Crippen molar-refractivity contribution in [2.75, 3.05) is 13.7 Å². The largest absolute Gasteiger partial charge is 0.497 e. The van der Waals surface area contributed by atoms with Gasteiger partial charge < -0.3 is 9.72 Å². The molecule has 1 aromatic carbocycles. The second kappa shape index (κ2) is 6.02. The summed E-state index contributed by atoms with van der Waals surface area (Å²) in [6, 6.07) is 4.89. The monoisotopic (exact) mass is 329 g/mol. The molecular weight excluding hydrogens is 309 g/mol. The Kier molecular flexibility index (Phi) is 3.84. The standard InChI is InChI=1S/C18H20FN3O2/c1-24-13-5-4-12(15(19)8-13)9-22-7-6-16-14(10-22)18(23)21-17(20-16)11-2-3-11/h4-5,8,11H,2-3,6-7,9-10H2,1H3,(H,20,21,23). The first-order valence-electron chi connectivity index (χ1n) is 8.31. The summed E-state index contributed by atoms with van der Waals surface area (Å²) in [4.78, 5) is 22.0. The lowest BCUT2D eigenvalue weighted by molar-refractivity contribution is 0.238. The Morgan fingerprint density at radius 2 is 2.25 bits per heavy atom. The van der Waals surface area contributed by atoms with E-state index in [4.69, 9.17) is 4.74 Å². The van der Waals surface area contributed by atoms with Gasteiger partial charge in [0.05, 0.1) is 18.4 Å². The van der Waals surface area contributed by atoms with Gasteiger partial charge in [0.1, 0.15) is 17.4 Å². The van der Waals surface area contributed by atoms with Gasteiger partial charge in [0, 0.05) is 43.6 Å². The lowest BCUT2D eigenvalue weighted by Crippen LogP contribution is -2.36. The topological polar surface area (TPSA) is 58.2 Å². The molecule has 6 heteroatoms. The van der Waals surface area contributed by atoms with Gasteiger partial charge in [-0.15, -0.1) is 0 Å². The maximum Gasteiger partial charge on any atom is 0.255 e. The quantitative estimate of drug-likeness (QED) is 0.935. The zero-order chi connectivity index (χ0) is 16.7. The van der Waals surface area contributed by atoms with Gasteiger partial charge >= 0.3 is 0 Å². The second-order valence-electron chi connectivity index (χ2n) is 6.57. The Morgan fingerprint density at radius 3 is 2.96 bits per heavy atom. The molecular formula is C18H20FN3O2. The summed E-state index contributed by atoms with van der Waals surface area (Å²) in [6.45, 7) is 1.76. The van der Waals surface area contributed by atoms with Gasteiger partial charge in [0.2, 0.25) is 0 Å². The van der Waals surface area contributed by atoms with Crippen molar-refractivity contribution in [3.8, 4) is 5.75 Å². The van der Waals surface area contributed by atoms with Crippen LogP contribution in [-0.4, -0.2) is 28.5 Å². The summed E-state index contributed by atoms with van der Waals surface area (Å²) in [6.07, 6.45) is 2.96. The minimum atomic E-state index is -0.281. The van der Waals surface area contributed by atoms with E-state index in [1.807, 2.05) is 0 Å². The number of benzene rings is 1. The first-order valence-corrected chi connectivity index (χ1v) is 8.31. The van der Waals surface area contributed by atoms with Crippen molar-refractivity contribution in [2.45, 2.75) is 38.3 Å². The van der Waals surface area contributed by atoms with Crippen LogP contribution in [0.2, 0.25) is 0 Å². The highest BCUT2D eigenvalue weighted by Gasteiger charge is 2.29. The predicted molar refractivity (Wildman–Crippen MR) is 87.6 cm³/mol. The SMILES string of the molecule is COc1ccc(CN2CCc3nc(C4CC4)[nH]c(=O)c3C2)c(F)c1. The summed E-state index contributed by atoms with van der Waals surface area (Å²) in [7, 11) is 1.52. The molecule has 0 amide bonds. The van der Waals surface area contributed by atoms with E-state index in [0.29, 0.717) is 30.3 Å². The van der Waals surface area contributed by atoms with Gasteiger partial charge in [-0.05, 0) is 18.9 Å². The van der Waals surface area contributed by atoms with Gasteiger partial charge in [-0.2, -0.15) is 0 Å². The summed E-state index contributed by atoms with van der Waals surface area (Å²) in [5.74, 6) is 1.51. The third-order valence-corrected chi connectivity index (χ3v) is 4.78. The van der Waals surface area contributed by atoms with Gasteiger partial charge in [-0.25, -0.2) is 9.37 Å². The fraction of sp³-hybridized carbons (Fsp3) is 0.444. The number of nitrogens with one attached hydrogen (secondary N) is 1. The van der Waals surface area contributed by atoms with Gasteiger partial charge in [-0.1, -0.05) is 6.07 Å². The molecule has 0 bridgehead atoms. The molecule has 0 unspecified atom stereocenters. The Labute approximate surface area is 139 Å². The van der Waals surface area contributed by atoms with Crippen molar-refractivity contribution in [1.29, 1.82) is 0 Å². The van der Waals surface area contributed by atoms with E-state index in [0.717, 1.165) is 42.9 Å². The Hall–Kier alpha value is -2.21. The smallest absolute Gasteiger partial charge is 0.255 e. The van der Waals surface area contributed by atoms with E-state index in [1.54, 1.807) is 12.1 Å². The van der Waals surface area contributed by atoms with Crippen LogP contribution in [0.5, 0.6) is 5.75 Å². The van der Waals surface area contributed by atoms with E-state index < -0.39 is 0 Å². The molecule has 1 aromatic heterocycles. The zero-order valence-corrected chi connectivity index (χ0v) is 13.6. The molecule has 1 saturated carbocycles. The molecule has 1 aliphatic carbocycles. The van der Waals surface area contributed by atoms with Crippen molar-refractivity contribution < 1.29 is 9.13 Å². The maximum atomic E-state index is 14.1. The summed E-state index contributed by atoms with van der Waals surface area (Å²) in [5.41, 5.74) is 2.20. The van der Waals surface area contributed by atoms with Crippen LogP contribution in [0.15, 0.2) is 23.0 Å². The molecule has 4 rings (SSSR count). The molecule has 0 saturated heterocycles. The van der Waals surface area contributed by atoms with Crippen LogP contribution in [0.3, 0.4) is 0 Å². The molecule has 1 N–H and O–H groups in total.